The molecule has 1 amide bonds. The molecule has 2 bridgehead atoms. The Morgan fingerprint density at radius 1 is 1.30 bits per heavy atom. The summed E-state index contributed by atoms with van der Waals surface area (Å²) >= 11 is 6.29. The Labute approximate surface area is 159 Å². The molecule has 4 rings (SSSR count). The van der Waals surface area contributed by atoms with Crippen LogP contribution in [-0.4, -0.2) is 15.7 Å². The first-order valence-electron chi connectivity index (χ1n) is 8.59. The van der Waals surface area contributed by atoms with Crippen LogP contribution < -0.4 is 5.32 Å². The van der Waals surface area contributed by atoms with Gasteiger partial charge in [-0.3, -0.25) is 9.48 Å². The van der Waals surface area contributed by atoms with Gasteiger partial charge in [0.15, 0.2) is 5.69 Å². The Balaban J connectivity index is 1.72. The first-order chi connectivity index (χ1) is 12.7. The first-order valence-corrected chi connectivity index (χ1v) is 8.97. The number of carbonyl (C=O) groups excluding carboxylic acids is 1. The Hall–Kier alpha value is -2.28. The molecule has 2 aliphatic rings. The number of benzene rings is 1. The fourth-order valence-electron chi connectivity index (χ4n) is 4.50. The standard InChI is InChI=1S/C19H17ClF3N3O/c1-9(20)15-11-6-7-12(15)16-10(11)4-3-5-14(16)25-18(27)13-8-24-26(2)17(13)19(21,22)23/h3-5,8,11-12H,6-7H2,1-2H3,(H,25,27). The summed E-state index contributed by atoms with van der Waals surface area (Å²) in [5, 5.41) is 7.03. The number of allylic oxidation sites excluding steroid dienone is 2. The van der Waals surface area contributed by atoms with E-state index < -0.39 is 23.3 Å². The van der Waals surface area contributed by atoms with Gasteiger partial charge in [0.25, 0.3) is 5.91 Å². The predicted molar refractivity (Wildman–Crippen MR) is 95.9 cm³/mol. The fourth-order valence-corrected chi connectivity index (χ4v) is 4.77. The molecule has 1 heterocycles. The molecular formula is C19H17ClF3N3O. The number of amides is 1. The summed E-state index contributed by atoms with van der Waals surface area (Å²) in [6.07, 6.45) is -1.80. The quantitative estimate of drug-likeness (QED) is 0.761. The van der Waals surface area contributed by atoms with E-state index in [0.717, 1.165) is 40.8 Å². The third-order valence-corrected chi connectivity index (χ3v) is 5.67. The van der Waals surface area contributed by atoms with E-state index >= 15 is 0 Å². The van der Waals surface area contributed by atoms with Crippen LogP contribution >= 0.6 is 11.6 Å². The number of fused-ring (bicyclic) bond motifs is 5. The number of nitrogens with zero attached hydrogens (tertiary/aromatic N) is 2. The third-order valence-electron chi connectivity index (χ3n) is 5.46. The maximum atomic E-state index is 13.3. The van der Waals surface area contributed by atoms with Gasteiger partial charge in [0.1, 0.15) is 0 Å². The smallest absolute Gasteiger partial charge is 0.322 e. The second-order valence-electron chi connectivity index (χ2n) is 6.96. The molecular weight excluding hydrogens is 379 g/mol. The topological polar surface area (TPSA) is 46.9 Å². The van der Waals surface area contributed by atoms with Crippen molar-refractivity contribution in [3.8, 4) is 0 Å². The lowest BCUT2D eigenvalue weighted by atomic mass is 9.90. The van der Waals surface area contributed by atoms with Gasteiger partial charge in [-0.25, -0.2) is 0 Å². The lowest BCUT2D eigenvalue weighted by Gasteiger charge is -2.19. The molecule has 2 unspecified atom stereocenters. The third kappa shape index (κ3) is 2.76. The normalized spacial score (nSPS) is 22.7. The summed E-state index contributed by atoms with van der Waals surface area (Å²) in [4.78, 5) is 12.6. The van der Waals surface area contributed by atoms with Crippen LogP contribution in [0.3, 0.4) is 0 Å². The van der Waals surface area contributed by atoms with Gasteiger partial charge in [-0.2, -0.15) is 18.3 Å². The van der Waals surface area contributed by atoms with E-state index in [1.165, 1.54) is 7.05 Å². The minimum absolute atomic E-state index is 0.106. The van der Waals surface area contributed by atoms with Gasteiger partial charge in [0.2, 0.25) is 0 Å². The summed E-state index contributed by atoms with van der Waals surface area (Å²) in [5.41, 5.74) is 2.21. The predicted octanol–water partition coefficient (Wildman–Crippen LogP) is 5.18. The number of anilines is 1. The van der Waals surface area contributed by atoms with Crippen molar-refractivity contribution in [2.75, 3.05) is 5.32 Å². The molecule has 142 valence electrons. The average Bonchev–Trinajstić information content (AvgIpc) is 3.25. The van der Waals surface area contributed by atoms with Gasteiger partial charge in [-0.05, 0) is 42.5 Å². The Morgan fingerprint density at radius 2 is 2.00 bits per heavy atom. The van der Waals surface area contributed by atoms with Crippen molar-refractivity contribution in [3.05, 3.63) is 57.4 Å². The molecule has 0 aliphatic heterocycles. The van der Waals surface area contributed by atoms with Crippen LogP contribution in [-0.2, 0) is 13.2 Å². The lowest BCUT2D eigenvalue weighted by Crippen LogP contribution is -2.21. The van der Waals surface area contributed by atoms with E-state index in [1.54, 1.807) is 6.07 Å². The second kappa shape index (κ2) is 6.12. The van der Waals surface area contributed by atoms with Gasteiger partial charge < -0.3 is 5.32 Å². The van der Waals surface area contributed by atoms with Gasteiger partial charge >= 0.3 is 6.18 Å². The van der Waals surface area contributed by atoms with Crippen LogP contribution in [0.5, 0.6) is 0 Å². The molecule has 8 heteroatoms. The van der Waals surface area contributed by atoms with E-state index in [2.05, 4.69) is 10.4 Å². The van der Waals surface area contributed by atoms with E-state index in [-0.39, 0.29) is 11.8 Å². The second-order valence-corrected chi connectivity index (χ2v) is 7.53. The van der Waals surface area contributed by atoms with Crippen molar-refractivity contribution < 1.29 is 18.0 Å². The average molecular weight is 396 g/mol. The number of carbonyl (C=O) groups is 1. The summed E-state index contributed by atoms with van der Waals surface area (Å²) in [5.74, 6) is -0.488. The summed E-state index contributed by atoms with van der Waals surface area (Å²) < 4.78 is 40.5. The molecule has 2 atom stereocenters. The number of rotatable bonds is 2. The molecule has 2 aromatic rings. The highest BCUT2D eigenvalue weighted by Gasteiger charge is 2.44. The maximum Gasteiger partial charge on any atom is 0.433 e. The highest BCUT2D eigenvalue weighted by atomic mass is 35.5. The SMILES string of the molecule is CC(Cl)=C1C2CCC1c1c(NC(=O)c3cnn(C)c3C(F)(F)F)cccc12. The number of halogens is 4. The van der Waals surface area contributed by atoms with Crippen molar-refractivity contribution in [1.82, 2.24) is 9.78 Å². The maximum absolute atomic E-state index is 13.3. The number of hydrogen-bond donors (Lipinski definition) is 1. The van der Waals surface area contributed by atoms with Crippen LogP contribution in [0, 0.1) is 0 Å². The lowest BCUT2D eigenvalue weighted by molar-refractivity contribution is -0.144. The highest BCUT2D eigenvalue weighted by Crippen LogP contribution is 2.60. The van der Waals surface area contributed by atoms with Crippen LogP contribution in [0.2, 0.25) is 0 Å². The van der Waals surface area contributed by atoms with E-state index in [4.69, 9.17) is 11.6 Å². The summed E-state index contributed by atoms with van der Waals surface area (Å²) in [6, 6.07) is 5.53. The summed E-state index contributed by atoms with van der Waals surface area (Å²) in [6.45, 7) is 1.86. The van der Waals surface area contributed by atoms with Crippen molar-refractivity contribution in [2.24, 2.45) is 7.05 Å². The molecule has 1 saturated carbocycles. The molecule has 2 aliphatic carbocycles. The molecule has 0 radical (unpaired) electrons. The number of alkyl halides is 3. The largest absolute Gasteiger partial charge is 0.433 e. The van der Waals surface area contributed by atoms with Crippen molar-refractivity contribution in [1.29, 1.82) is 0 Å². The number of hydrogen-bond acceptors (Lipinski definition) is 2. The van der Waals surface area contributed by atoms with Gasteiger partial charge in [0, 0.05) is 29.6 Å². The van der Waals surface area contributed by atoms with Crippen LogP contribution in [0.15, 0.2) is 35.0 Å². The van der Waals surface area contributed by atoms with Crippen molar-refractivity contribution >= 4 is 23.2 Å². The number of aryl methyl sites for hydroxylation is 1. The zero-order valence-corrected chi connectivity index (χ0v) is 15.4. The van der Waals surface area contributed by atoms with Gasteiger partial charge in [-0.1, -0.05) is 23.7 Å². The first kappa shape index (κ1) is 18.1. The monoisotopic (exact) mass is 395 g/mol. The van der Waals surface area contributed by atoms with E-state index in [9.17, 15) is 18.0 Å². The van der Waals surface area contributed by atoms with E-state index in [0.29, 0.717) is 10.4 Å². The van der Waals surface area contributed by atoms with E-state index in [1.807, 2.05) is 19.1 Å². The minimum Gasteiger partial charge on any atom is -0.322 e. The summed E-state index contributed by atoms with van der Waals surface area (Å²) in [7, 11) is 1.17. The molecule has 27 heavy (non-hydrogen) atoms. The molecule has 0 spiro atoms. The zero-order chi connectivity index (χ0) is 19.5. The Kier molecular flexibility index (Phi) is 4.10. The van der Waals surface area contributed by atoms with Crippen LogP contribution in [0.1, 0.15) is 58.8 Å². The van der Waals surface area contributed by atoms with Gasteiger partial charge in [-0.15, -0.1) is 0 Å². The Morgan fingerprint density at radius 3 is 2.67 bits per heavy atom. The molecule has 0 saturated heterocycles. The zero-order valence-electron chi connectivity index (χ0n) is 14.7. The number of aromatic nitrogens is 2. The van der Waals surface area contributed by atoms with Crippen molar-refractivity contribution in [3.63, 3.8) is 0 Å². The fraction of sp³-hybridized carbons (Fsp3) is 0.368. The molecule has 1 aromatic heterocycles. The highest BCUT2D eigenvalue weighted by molar-refractivity contribution is 6.29. The van der Waals surface area contributed by atoms with Crippen LogP contribution in [0.25, 0.3) is 0 Å². The molecule has 1 N–H and O–H groups in total. The molecule has 4 nitrogen and oxygen atoms in total. The van der Waals surface area contributed by atoms with Crippen molar-refractivity contribution in [2.45, 2.75) is 37.8 Å². The Bertz CT molecular complexity index is 973. The van der Waals surface area contributed by atoms with Crippen LogP contribution in [0.4, 0.5) is 18.9 Å². The molecule has 1 aromatic carbocycles. The van der Waals surface area contributed by atoms with Gasteiger partial charge in [0.05, 0.1) is 11.8 Å². The molecule has 1 fully saturated rings. The number of nitrogens with one attached hydrogen (secondary N) is 1. The minimum atomic E-state index is -4.67.